The molecule has 1 fully saturated rings. The molecule has 0 saturated heterocycles. The van der Waals surface area contributed by atoms with Crippen LogP contribution in [0.25, 0.3) is 0 Å². The average Bonchev–Trinajstić information content (AvgIpc) is 2.90. The first kappa shape index (κ1) is 9.70. The summed E-state index contributed by atoms with van der Waals surface area (Å²) in [5, 5.41) is 19.4. The molecule has 0 spiro atoms. The summed E-state index contributed by atoms with van der Waals surface area (Å²) in [7, 11) is 0. The van der Waals surface area contributed by atoms with Crippen LogP contribution < -0.4 is 0 Å². The van der Waals surface area contributed by atoms with Gasteiger partial charge in [0.15, 0.2) is 0 Å². The molecular weight excluding hydrogens is 204 g/mol. The van der Waals surface area contributed by atoms with E-state index < -0.39 is 11.4 Å². The van der Waals surface area contributed by atoms with E-state index in [2.05, 4.69) is 0 Å². The van der Waals surface area contributed by atoms with Gasteiger partial charge in [-0.25, -0.2) is 0 Å². The van der Waals surface area contributed by atoms with Crippen molar-refractivity contribution in [1.82, 2.24) is 0 Å². The average molecular weight is 218 g/mol. The van der Waals surface area contributed by atoms with Crippen LogP contribution in [0.4, 0.5) is 0 Å². The zero-order valence-corrected chi connectivity index (χ0v) is 8.99. The molecule has 0 bridgehead atoms. The lowest BCUT2D eigenvalue weighted by Crippen LogP contribution is -2.20. The lowest BCUT2D eigenvalue weighted by molar-refractivity contribution is -0.140. The van der Waals surface area contributed by atoms with Gasteiger partial charge in [0, 0.05) is 5.56 Å². The molecule has 0 aliphatic heterocycles. The fourth-order valence-electron chi connectivity index (χ4n) is 2.76. The number of benzene rings is 1. The topological polar surface area (TPSA) is 57.5 Å². The molecule has 2 aliphatic carbocycles. The number of carboxylic acids is 1. The number of aliphatic carboxylic acids is 1. The predicted octanol–water partition coefficient (Wildman–Crippen LogP) is 2.00. The fraction of sp³-hybridized carbons (Fsp3) is 0.462. The number of aromatic hydroxyl groups is 1. The highest BCUT2D eigenvalue weighted by Crippen LogP contribution is 2.52. The third-order valence-corrected chi connectivity index (χ3v) is 3.93. The van der Waals surface area contributed by atoms with Gasteiger partial charge in [-0.3, -0.25) is 4.79 Å². The first-order chi connectivity index (χ1) is 7.65. The van der Waals surface area contributed by atoms with Crippen LogP contribution in [0.1, 0.15) is 36.0 Å². The second kappa shape index (κ2) is 3.00. The van der Waals surface area contributed by atoms with E-state index in [1.165, 1.54) is 5.56 Å². The Morgan fingerprint density at radius 3 is 2.62 bits per heavy atom. The molecule has 16 heavy (non-hydrogen) atoms. The Morgan fingerprint density at radius 1 is 1.25 bits per heavy atom. The molecule has 2 aliphatic rings. The summed E-state index contributed by atoms with van der Waals surface area (Å²) in [5.74, 6) is -0.560. The van der Waals surface area contributed by atoms with Gasteiger partial charge in [-0.2, -0.15) is 0 Å². The van der Waals surface area contributed by atoms with Gasteiger partial charge in [0.1, 0.15) is 5.75 Å². The maximum absolute atomic E-state index is 11.2. The number of carboxylic acid groups (broad SMARTS) is 1. The Hall–Kier alpha value is -1.51. The second-order valence-corrected chi connectivity index (χ2v) is 4.84. The number of hydrogen-bond donors (Lipinski definition) is 2. The molecule has 3 heteroatoms. The molecule has 2 N–H and O–H groups in total. The summed E-state index contributed by atoms with van der Waals surface area (Å²) >= 11 is 0. The van der Waals surface area contributed by atoms with Crippen LogP contribution >= 0.6 is 0 Å². The van der Waals surface area contributed by atoms with E-state index >= 15 is 0 Å². The minimum atomic E-state index is -0.805. The van der Waals surface area contributed by atoms with Gasteiger partial charge in [0.2, 0.25) is 0 Å². The molecule has 0 amide bonds. The van der Waals surface area contributed by atoms with E-state index in [-0.39, 0.29) is 5.75 Å². The fourth-order valence-corrected chi connectivity index (χ4v) is 2.76. The molecule has 0 heterocycles. The molecule has 0 atom stereocenters. The monoisotopic (exact) mass is 218 g/mol. The van der Waals surface area contributed by atoms with Crippen LogP contribution in [-0.4, -0.2) is 16.2 Å². The number of phenols is 1. The molecular formula is C13H14O3. The van der Waals surface area contributed by atoms with Crippen LogP contribution in [-0.2, 0) is 23.1 Å². The Morgan fingerprint density at radius 2 is 2.00 bits per heavy atom. The molecule has 0 radical (unpaired) electrons. The Balaban J connectivity index is 2.13. The van der Waals surface area contributed by atoms with Crippen molar-refractivity contribution in [2.75, 3.05) is 0 Å². The first-order valence-corrected chi connectivity index (χ1v) is 5.73. The van der Waals surface area contributed by atoms with Crippen molar-refractivity contribution in [3.63, 3.8) is 0 Å². The normalized spacial score (nSPS) is 20.5. The number of carbonyl (C=O) groups is 1. The summed E-state index contributed by atoms with van der Waals surface area (Å²) in [6.07, 6.45) is 4.24. The van der Waals surface area contributed by atoms with Gasteiger partial charge in [0.25, 0.3) is 0 Å². The smallest absolute Gasteiger partial charge is 0.314 e. The summed E-state index contributed by atoms with van der Waals surface area (Å²) < 4.78 is 0. The maximum Gasteiger partial charge on any atom is 0.314 e. The van der Waals surface area contributed by atoms with Crippen LogP contribution in [0.15, 0.2) is 12.1 Å². The molecule has 3 nitrogen and oxygen atoms in total. The van der Waals surface area contributed by atoms with Gasteiger partial charge < -0.3 is 10.2 Å². The van der Waals surface area contributed by atoms with E-state index in [1.807, 2.05) is 6.07 Å². The molecule has 1 aromatic carbocycles. The number of hydrogen-bond acceptors (Lipinski definition) is 2. The maximum atomic E-state index is 11.2. The van der Waals surface area contributed by atoms with Gasteiger partial charge in [-0.15, -0.1) is 0 Å². The van der Waals surface area contributed by atoms with Crippen molar-refractivity contribution in [3.8, 4) is 5.75 Å². The molecule has 84 valence electrons. The van der Waals surface area contributed by atoms with Gasteiger partial charge >= 0.3 is 5.97 Å². The van der Waals surface area contributed by atoms with Crippen LogP contribution in [0, 0.1) is 0 Å². The zero-order valence-electron chi connectivity index (χ0n) is 8.99. The van der Waals surface area contributed by atoms with E-state index in [9.17, 15) is 15.0 Å². The number of rotatable bonds is 2. The van der Waals surface area contributed by atoms with Crippen molar-refractivity contribution in [2.45, 2.75) is 37.5 Å². The first-order valence-electron chi connectivity index (χ1n) is 5.73. The van der Waals surface area contributed by atoms with Gasteiger partial charge in [-0.1, -0.05) is 12.1 Å². The Bertz CT molecular complexity index is 472. The number of fused-ring (bicyclic) bond motifs is 1. The van der Waals surface area contributed by atoms with Crippen molar-refractivity contribution in [3.05, 3.63) is 28.8 Å². The molecule has 1 aromatic rings. The SMILES string of the molecule is O=C(O)C1(c2ccc3c(c2O)CCC3)CC1. The minimum absolute atomic E-state index is 0.245. The highest BCUT2D eigenvalue weighted by atomic mass is 16.4. The number of aryl methyl sites for hydroxylation is 1. The highest BCUT2D eigenvalue weighted by Gasteiger charge is 2.53. The van der Waals surface area contributed by atoms with Crippen molar-refractivity contribution >= 4 is 5.97 Å². The largest absolute Gasteiger partial charge is 0.507 e. The highest BCUT2D eigenvalue weighted by molar-refractivity contribution is 5.86. The van der Waals surface area contributed by atoms with E-state index in [0.29, 0.717) is 18.4 Å². The standard InChI is InChI=1S/C13H14O3/c14-11-9-3-1-2-8(9)4-5-10(11)13(6-7-13)12(15)16/h4-5,14H,1-3,6-7H2,(H,15,16). The minimum Gasteiger partial charge on any atom is -0.507 e. The van der Waals surface area contributed by atoms with Gasteiger partial charge in [-0.05, 0) is 43.2 Å². The molecule has 3 rings (SSSR count). The third-order valence-electron chi connectivity index (χ3n) is 3.93. The zero-order chi connectivity index (χ0) is 11.3. The summed E-state index contributed by atoms with van der Waals surface area (Å²) in [6.45, 7) is 0. The van der Waals surface area contributed by atoms with Crippen molar-refractivity contribution in [2.24, 2.45) is 0 Å². The van der Waals surface area contributed by atoms with Gasteiger partial charge in [0.05, 0.1) is 5.41 Å². The quantitative estimate of drug-likeness (QED) is 0.798. The lowest BCUT2D eigenvalue weighted by Gasteiger charge is -2.15. The summed E-state index contributed by atoms with van der Waals surface area (Å²) in [4.78, 5) is 11.2. The summed E-state index contributed by atoms with van der Waals surface area (Å²) in [5.41, 5.74) is 2.00. The van der Waals surface area contributed by atoms with Crippen molar-refractivity contribution in [1.29, 1.82) is 0 Å². The van der Waals surface area contributed by atoms with Crippen LogP contribution in [0.5, 0.6) is 5.75 Å². The van der Waals surface area contributed by atoms with Crippen LogP contribution in [0.3, 0.4) is 0 Å². The second-order valence-electron chi connectivity index (χ2n) is 4.84. The Labute approximate surface area is 93.7 Å². The molecule has 0 unspecified atom stereocenters. The molecule has 1 saturated carbocycles. The number of phenolic OH excluding ortho intramolecular Hbond substituents is 1. The van der Waals surface area contributed by atoms with Crippen LogP contribution in [0.2, 0.25) is 0 Å². The predicted molar refractivity (Wildman–Crippen MR) is 58.7 cm³/mol. The lowest BCUT2D eigenvalue weighted by atomic mass is 9.91. The summed E-state index contributed by atoms with van der Waals surface area (Å²) in [6, 6.07) is 3.79. The van der Waals surface area contributed by atoms with E-state index in [4.69, 9.17) is 0 Å². The van der Waals surface area contributed by atoms with E-state index in [0.717, 1.165) is 24.8 Å². The Kier molecular flexibility index (Phi) is 1.82. The van der Waals surface area contributed by atoms with E-state index in [1.54, 1.807) is 6.07 Å². The molecule has 0 aromatic heterocycles. The third kappa shape index (κ3) is 1.11. The van der Waals surface area contributed by atoms with Crippen molar-refractivity contribution < 1.29 is 15.0 Å².